The Morgan fingerprint density at radius 3 is 2.31 bits per heavy atom. The van der Waals surface area contributed by atoms with E-state index in [0.29, 0.717) is 6.54 Å². The van der Waals surface area contributed by atoms with Crippen molar-refractivity contribution in [2.24, 2.45) is 0 Å². The highest BCUT2D eigenvalue weighted by Crippen LogP contribution is 2.21. The lowest BCUT2D eigenvalue weighted by atomic mass is 10.2. The predicted octanol–water partition coefficient (Wildman–Crippen LogP) is 1.53. The average Bonchev–Trinajstić information content (AvgIpc) is 1.94. The molecule has 0 radical (unpaired) electrons. The molecule has 0 aromatic heterocycles. The Morgan fingerprint density at radius 1 is 1.23 bits per heavy atom. The SMILES string of the molecule is CNCCCNC(C)CC(F)(F)F. The van der Waals surface area contributed by atoms with Crippen LogP contribution in [-0.4, -0.2) is 32.4 Å². The minimum atomic E-state index is -4.06. The quantitative estimate of drug-likeness (QED) is 0.632. The van der Waals surface area contributed by atoms with Gasteiger partial charge in [-0.3, -0.25) is 0 Å². The van der Waals surface area contributed by atoms with Crippen molar-refractivity contribution < 1.29 is 13.2 Å². The van der Waals surface area contributed by atoms with Gasteiger partial charge in [0, 0.05) is 6.04 Å². The van der Waals surface area contributed by atoms with Crippen LogP contribution in [0.15, 0.2) is 0 Å². The summed E-state index contributed by atoms with van der Waals surface area (Å²) in [5.41, 5.74) is 0. The Hall–Kier alpha value is -0.290. The highest BCUT2D eigenvalue weighted by molar-refractivity contribution is 4.65. The van der Waals surface area contributed by atoms with Gasteiger partial charge in [0.2, 0.25) is 0 Å². The van der Waals surface area contributed by atoms with Gasteiger partial charge in [-0.2, -0.15) is 13.2 Å². The van der Waals surface area contributed by atoms with Crippen LogP contribution in [0.5, 0.6) is 0 Å². The van der Waals surface area contributed by atoms with Crippen LogP contribution in [0, 0.1) is 0 Å². The predicted molar refractivity (Wildman–Crippen MR) is 46.7 cm³/mol. The van der Waals surface area contributed by atoms with Gasteiger partial charge >= 0.3 is 6.18 Å². The van der Waals surface area contributed by atoms with E-state index in [1.165, 1.54) is 0 Å². The van der Waals surface area contributed by atoms with Crippen LogP contribution in [0.25, 0.3) is 0 Å². The lowest BCUT2D eigenvalue weighted by molar-refractivity contribution is -0.138. The summed E-state index contributed by atoms with van der Waals surface area (Å²) < 4.78 is 35.5. The third-order valence-electron chi connectivity index (χ3n) is 1.63. The summed E-state index contributed by atoms with van der Waals surface area (Å²) in [4.78, 5) is 0. The minimum Gasteiger partial charge on any atom is -0.320 e. The van der Waals surface area contributed by atoms with Gasteiger partial charge in [-0.25, -0.2) is 0 Å². The first-order valence-corrected chi connectivity index (χ1v) is 4.40. The first-order chi connectivity index (χ1) is 5.95. The van der Waals surface area contributed by atoms with Crippen molar-refractivity contribution in [2.45, 2.75) is 32.0 Å². The Morgan fingerprint density at radius 2 is 1.85 bits per heavy atom. The van der Waals surface area contributed by atoms with Crippen LogP contribution in [0.2, 0.25) is 0 Å². The molecule has 0 fully saturated rings. The molecular formula is C8H17F3N2. The van der Waals surface area contributed by atoms with Gasteiger partial charge in [-0.15, -0.1) is 0 Å². The summed E-state index contributed by atoms with van der Waals surface area (Å²) in [6.07, 6.45) is -3.97. The third kappa shape index (κ3) is 9.63. The van der Waals surface area contributed by atoms with Gasteiger partial charge < -0.3 is 10.6 Å². The summed E-state index contributed by atoms with van der Waals surface area (Å²) in [6, 6.07) is -0.489. The molecule has 0 spiro atoms. The van der Waals surface area contributed by atoms with E-state index in [-0.39, 0.29) is 0 Å². The first kappa shape index (κ1) is 12.7. The molecule has 0 saturated carbocycles. The van der Waals surface area contributed by atoms with E-state index in [0.717, 1.165) is 13.0 Å². The number of nitrogens with one attached hydrogen (secondary N) is 2. The van der Waals surface area contributed by atoms with Crippen LogP contribution in [0.4, 0.5) is 13.2 Å². The summed E-state index contributed by atoms with van der Waals surface area (Å²) in [5, 5.41) is 5.74. The molecule has 0 aromatic carbocycles. The molecule has 2 nitrogen and oxygen atoms in total. The summed E-state index contributed by atoms with van der Waals surface area (Å²) in [7, 11) is 1.82. The zero-order valence-electron chi connectivity index (χ0n) is 8.04. The Balaban J connectivity index is 3.35. The van der Waals surface area contributed by atoms with Crippen molar-refractivity contribution in [3.63, 3.8) is 0 Å². The molecule has 5 heteroatoms. The molecule has 2 N–H and O–H groups in total. The fraction of sp³-hybridized carbons (Fsp3) is 1.00. The van der Waals surface area contributed by atoms with E-state index in [9.17, 15) is 13.2 Å². The van der Waals surface area contributed by atoms with Gasteiger partial charge in [-0.1, -0.05) is 0 Å². The largest absolute Gasteiger partial charge is 0.390 e. The Bertz CT molecular complexity index is 125. The zero-order valence-corrected chi connectivity index (χ0v) is 8.04. The van der Waals surface area contributed by atoms with Crippen LogP contribution in [0.3, 0.4) is 0 Å². The lowest BCUT2D eigenvalue weighted by Crippen LogP contribution is -2.32. The van der Waals surface area contributed by atoms with Gasteiger partial charge in [0.25, 0.3) is 0 Å². The van der Waals surface area contributed by atoms with Gasteiger partial charge in [0.05, 0.1) is 6.42 Å². The molecule has 0 amide bonds. The van der Waals surface area contributed by atoms with Gasteiger partial charge in [-0.05, 0) is 33.5 Å². The van der Waals surface area contributed by atoms with Crippen molar-refractivity contribution in [1.82, 2.24) is 10.6 Å². The molecule has 0 aliphatic heterocycles. The fourth-order valence-electron chi connectivity index (χ4n) is 1.03. The summed E-state index contributed by atoms with van der Waals surface area (Å²) in [5.74, 6) is 0. The minimum absolute atomic E-state index is 0.489. The van der Waals surface area contributed by atoms with E-state index in [1.54, 1.807) is 6.92 Å². The molecule has 0 aliphatic rings. The molecule has 13 heavy (non-hydrogen) atoms. The van der Waals surface area contributed by atoms with E-state index in [4.69, 9.17) is 0 Å². The van der Waals surface area contributed by atoms with E-state index in [2.05, 4.69) is 10.6 Å². The van der Waals surface area contributed by atoms with E-state index < -0.39 is 18.6 Å². The molecule has 0 saturated heterocycles. The lowest BCUT2D eigenvalue weighted by Gasteiger charge is -2.15. The number of hydrogen-bond donors (Lipinski definition) is 2. The van der Waals surface area contributed by atoms with Crippen molar-refractivity contribution >= 4 is 0 Å². The molecule has 1 atom stereocenters. The van der Waals surface area contributed by atoms with Crippen molar-refractivity contribution in [3.8, 4) is 0 Å². The standard InChI is InChI=1S/C8H17F3N2/c1-7(6-8(9,10)11)13-5-3-4-12-2/h7,12-13H,3-6H2,1-2H3. The number of alkyl halides is 3. The summed E-state index contributed by atoms with van der Waals surface area (Å²) in [6.45, 7) is 3.00. The number of rotatable bonds is 6. The molecule has 80 valence electrons. The van der Waals surface area contributed by atoms with Crippen molar-refractivity contribution in [3.05, 3.63) is 0 Å². The molecule has 0 rings (SSSR count). The molecule has 0 bridgehead atoms. The maximum absolute atomic E-state index is 11.8. The van der Waals surface area contributed by atoms with Crippen molar-refractivity contribution in [1.29, 1.82) is 0 Å². The maximum atomic E-state index is 11.8. The summed E-state index contributed by atoms with van der Waals surface area (Å²) >= 11 is 0. The second kappa shape index (κ2) is 6.21. The van der Waals surface area contributed by atoms with Gasteiger partial charge in [0.1, 0.15) is 0 Å². The first-order valence-electron chi connectivity index (χ1n) is 4.40. The third-order valence-corrected chi connectivity index (χ3v) is 1.63. The Kier molecular flexibility index (Phi) is 6.07. The van der Waals surface area contributed by atoms with Crippen LogP contribution in [-0.2, 0) is 0 Å². The fourth-order valence-corrected chi connectivity index (χ4v) is 1.03. The van der Waals surface area contributed by atoms with Crippen LogP contribution in [0.1, 0.15) is 19.8 Å². The van der Waals surface area contributed by atoms with Gasteiger partial charge in [0.15, 0.2) is 0 Å². The second-order valence-electron chi connectivity index (χ2n) is 3.13. The Labute approximate surface area is 76.9 Å². The second-order valence-corrected chi connectivity index (χ2v) is 3.13. The van der Waals surface area contributed by atoms with Crippen molar-refractivity contribution in [2.75, 3.05) is 20.1 Å². The molecule has 0 aliphatic carbocycles. The normalized spacial score (nSPS) is 14.5. The molecule has 1 unspecified atom stereocenters. The van der Waals surface area contributed by atoms with Crippen LogP contribution < -0.4 is 10.6 Å². The number of halogens is 3. The highest BCUT2D eigenvalue weighted by Gasteiger charge is 2.29. The zero-order chi connectivity index (χ0) is 10.3. The van der Waals surface area contributed by atoms with Crippen LogP contribution >= 0.6 is 0 Å². The molecule has 0 aromatic rings. The number of hydrogen-bond acceptors (Lipinski definition) is 2. The van der Waals surface area contributed by atoms with E-state index >= 15 is 0 Å². The monoisotopic (exact) mass is 198 g/mol. The molecule has 0 heterocycles. The van der Waals surface area contributed by atoms with E-state index in [1.807, 2.05) is 7.05 Å². The maximum Gasteiger partial charge on any atom is 0.390 e. The highest BCUT2D eigenvalue weighted by atomic mass is 19.4. The average molecular weight is 198 g/mol. The molecular weight excluding hydrogens is 181 g/mol. The smallest absolute Gasteiger partial charge is 0.320 e. The topological polar surface area (TPSA) is 24.1 Å².